The van der Waals surface area contributed by atoms with E-state index in [4.69, 9.17) is 16.0 Å². The molecule has 3 rings (SSSR count). The van der Waals surface area contributed by atoms with Gasteiger partial charge in [-0.1, -0.05) is 39.7 Å². The van der Waals surface area contributed by atoms with E-state index in [0.29, 0.717) is 20.8 Å². The second-order valence-electron chi connectivity index (χ2n) is 4.73. The second-order valence-corrected chi connectivity index (χ2v) is 6.05. The smallest absolute Gasteiger partial charge is 0.152 e. The van der Waals surface area contributed by atoms with Crippen LogP contribution in [-0.2, 0) is 0 Å². The van der Waals surface area contributed by atoms with E-state index >= 15 is 0 Å². The van der Waals surface area contributed by atoms with Gasteiger partial charge in [0.2, 0.25) is 0 Å². The lowest BCUT2D eigenvalue weighted by Gasteiger charge is -2.14. The van der Waals surface area contributed by atoms with E-state index in [9.17, 15) is 4.39 Å². The van der Waals surface area contributed by atoms with Gasteiger partial charge in [-0.25, -0.2) is 4.39 Å². The number of para-hydroxylation sites is 1. The van der Waals surface area contributed by atoms with Crippen molar-refractivity contribution < 1.29 is 8.81 Å². The van der Waals surface area contributed by atoms with Crippen LogP contribution < -0.4 is 5.32 Å². The molecule has 0 saturated heterocycles. The van der Waals surface area contributed by atoms with Crippen molar-refractivity contribution in [2.75, 3.05) is 7.05 Å². The molecule has 0 spiro atoms. The van der Waals surface area contributed by atoms with E-state index < -0.39 is 0 Å². The van der Waals surface area contributed by atoms with E-state index in [1.165, 1.54) is 12.1 Å². The van der Waals surface area contributed by atoms with E-state index in [2.05, 4.69) is 21.2 Å². The zero-order chi connectivity index (χ0) is 15.0. The molecule has 0 radical (unpaired) electrons. The number of furan rings is 1. The molecule has 0 amide bonds. The molecule has 0 fully saturated rings. The molecule has 1 atom stereocenters. The van der Waals surface area contributed by atoms with Gasteiger partial charge in [0.15, 0.2) is 5.58 Å². The average molecular weight is 369 g/mol. The average Bonchev–Trinajstić information content (AvgIpc) is 2.83. The normalized spacial score (nSPS) is 12.8. The van der Waals surface area contributed by atoms with Crippen molar-refractivity contribution in [2.24, 2.45) is 0 Å². The van der Waals surface area contributed by atoms with Gasteiger partial charge in [0.25, 0.3) is 0 Å². The maximum atomic E-state index is 13.6. The molecule has 1 N–H and O–H groups in total. The Balaban J connectivity index is 2.11. The molecule has 21 heavy (non-hydrogen) atoms. The number of halogens is 3. The summed E-state index contributed by atoms with van der Waals surface area (Å²) in [6, 6.07) is 12.0. The summed E-state index contributed by atoms with van der Waals surface area (Å²) < 4.78 is 20.1. The Morgan fingerprint density at radius 1 is 1.24 bits per heavy atom. The van der Waals surface area contributed by atoms with Crippen LogP contribution in [0.5, 0.6) is 0 Å². The van der Waals surface area contributed by atoms with Crippen LogP contribution in [0.4, 0.5) is 4.39 Å². The van der Waals surface area contributed by atoms with E-state index in [1.807, 2.05) is 24.3 Å². The Bertz CT molecular complexity index is 782. The van der Waals surface area contributed by atoms with Crippen LogP contribution in [0.3, 0.4) is 0 Å². The fourth-order valence-electron chi connectivity index (χ4n) is 2.40. The van der Waals surface area contributed by atoms with Gasteiger partial charge in [-0.05, 0) is 42.9 Å². The van der Waals surface area contributed by atoms with Crippen LogP contribution in [0, 0.1) is 5.82 Å². The van der Waals surface area contributed by atoms with Crippen molar-refractivity contribution in [3.05, 3.63) is 69.1 Å². The summed E-state index contributed by atoms with van der Waals surface area (Å²) in [7, 11) is 1.80. The highest BCUT2D eigenvalue weighted by Gasteiger charge is 2.19. The summed E-state index contributed by atoms with van der Waals surface area (Å²) in [4.78, 5) is 0. The lowest BCUT2D eigenvalue weighted by molar-refractivity contribution is 0.490. The summed E-state index contributed by atoms with van der Waals surface area (Å²) in [5.41, 5.74) is 1.42. The summed E-state index contributed by atoms with van der Waals surface area (Å²) in [6.45, 7) is 0. The largest absolute Gasteiger partial charge is 0.457 e. The summed E-state index contributed by atoms with van der Waals surface area (Å²) in [5.74, 6) is 0.395. The van der Waals surface area contributed by atoms with Gasteiger partial charge in [-0.15, -0.1) is 0 Å². The van der Waals surface area contributed by atoms with E-state index in [-0.39, 0.29) is 11.9 Å². The molecule has 3 aromatic rings. The standard InChI is InChI=1S/C16H12BrClFNO/c1-20-15(10-5-11(17)8-12(19)6-10)14-7-9-3-2-4-13(18)16(9)21-14/h2-8,15,20H,1H3. The quantitative estimate of drug-likeness (QED) is 0.679. The third kappa shape index (κ3) is 2.84. The number of hydrogen-bond donors (Lipinski definition) is 1. The molecule has 2 nitrogen and oxygen atoms in total. The zero-order valence-corrected chi connectivity index (χ0v) is 13.5. The lowest BCUT2D eigenvalue weighted by Crippen LogP contribution is -2.17. The molecule has 1 unspecified atom stereocenters. The second kappa shape index (κ2) is 5.79. The van der Waals surface area contributed by atoms with Crippen molar-refractivity contribution in [1.29, 1.82) is 0 Å². The van der Waals surface area contributed by atoms with Gasteiger partial charge in [-0.3, -0.25) is 0 Å². The van der Waals surface area contributed by atoms with Gasteiger partial charge in [0, 0.05) is 9.86 Å². The highest BCUT2D eigenvalue weighted by atomic mass is 79.9. The fraction of sp³-hybridized carbons (Fsp3) is 0.125. The van der Waals surface area contributed by atoms with Crippen LogP contribution in [0.2, 0.25) is 5.02 Å². The van der Waals surface area contributed by atoms with E-state index in [0.717, 1.165) is 10.9 Å². The third-order valence-electron chi connectivity index (χ3n) is 3.31. The Morgan fingerprint density at radius 2 is 2.05 bits per heavy atom. The topological polar surface area (TPSA) is 25.2 Å². The molecule has 1 heterocycles. The number of hydrogen-bond acceptors (Lipinski definition) is 2. The van der Waals surface area contributed by atoms with Gasteiger partial charge in [-0.2, -0.15) is 0 Å². The Kier molecular flexibility index (Phi) is 4.02. The van der Waals surface area contributed by atoms with Crippen molar-refractivity contribution in [2.45, 2.75) is 6.04 Å². The van der Waals surface area contributed by atoms with Crippen molar-refractivity contribution in [1.82, 2.24) is 5.32 Å². The minimum atomic E-state index is -0.297. The molecule has 5 heteroatoms. The van der Waals surface area contributed by atoms with Gasteiger partial charge >= 0.3 is 0 Å². The number of rotatable bonds is 3. The molecule has 0 bridgehead atoms. The molecular weight excluding hydrogens is 357 g/mol. The monoisotopic (exact) mass is 367 g/mol. The number of benzene rings is 2. The van der Waals surface area contributed by atoms with Gasteiger partial charge in [0.05, 0.1) is 11.1 Å². The summed E-state index contributed by atoms with van der Waals surface area (Å²) >= 11 is 9.44. The predicted molar refractivity (Wildman–Crippen MR) is 86.2 cm³/mol. The molecule has 1 aromatic heterocycles. The molecule has 108 valence electrons. The molecule has 2 aromatic carbocycles. The fourth-order valence-corrected chi connectivity index (χ4v) is 3.11. The highest BCUT2D eigenvalue weighted by Crippen LogP contribution is 2.32. The maximum absolute atomic E-state index is 13.6. The molecule has 0 saturated carbocycles. The van der Waals surface area contributed by atoms with Crippen LogP contribution in [0.1, 0.15) is 17.4 Å². The van der Waals surface area contributed by atoms with Crippen LogP contribution in [0.15, 0.2) is 51.4 Å². The SMILES string of the molecule is CNC(c1cc(F)cc(Br)c1)c1cc2cccc(Cl)c2o1. The van der Waals surface area contributed by atoms with Crippen LogP contribution in [0.25, 0.3) is 11.0 Å². The third-order valence-corrected chi connectivity index (χ3v) is 4.06. The zero-order valence-electron chi connectivity index (χ0n) is 11.2. The minimum absolute atomic E-state index is 0.250. The van der Waals surface area contributed by atoms with Crippen LogP contribution >= 0.6 is 27.5 Å². The van der Waals surface area contributed by atoms with Crippen LogP contribution in [-0.4, -0.2) is 7.05 Å². The molecule has 0 aliphatic rings. The van der Waals surface area contributed by atoms with Crippen molar-refractivity contribution in [3.8, 4) is 0 Å². The summed E-state index contributed by atoms with van der Waals surface area (Å²) in [6.07, 6.45) is 0. The predicted octanol–water partition coefficient (Wildman–Crippen LogP) is 5.30. The minimum Gasteiger partial charge on any atom is -0.457 e. The van der Waals surface area contributed by atoms with Crippen molar-refractivity contribution >= 4 is 38.5 Å². The van der Waals surface area contributed by atoms with Gasteiger partial charge < -0.3 is 9.73 Å². The van der Waals surface area contributed by atoms with Gasteiger partial charge in [0.1, 0.15) is 11.6 Å². The van der Waals surface area contributed by atoms with Crippen molar-refractivity contribution in [3.63, 3.8) is 0 Å². The highest BCUT2D eigenvalue weighted by molar-refractivity contribution is 9.10. The first kappa shape index (κ1) is 14.6. The van der Waals surface area contributed by atoms with E-state index in [1.54, 1.807) is 13.1 Å². The lowest BCUT2D eigenvalue weighted by atomic mass is 10.0. The maximum Gasteiger partial charge on any atom is 0.152 e. The first-order chi connectivity index (χ1) is 10.1. The Morgan fingerprint density at radius 3 is 2.71 bits per heavy atom. The molecular formula is C16H12BrClFNO. The molecule has 0 aliphatic carbocycles. The first-order valence-electron chi connectivity index (χ1n) is 6.39. The Labute approximate surface area is 135 Å². The summed E-state index contributed by atoms with van der Waals surface area (Å²) in [5, 5.41) is 4.63. The number of nitrogens with one attached hydrogen (secondary N) is 1. The first-order valence-corrected chi connectivity index (χ1v) is 7.57. The number of fused-ring (bicyclic) bond motifs is 1. The molecule has 0 aliphatic heterocycles. The Hall–Kier alpha value is -1.36.